The van der Waals surface area contributed by atoms with Gasteiger partial charge in [-0.25, -0.2) is 4.79 Å². The molecule has 0 saturated heterocycles. The van der Waals surface area contributed by atoms with Crippen LogP contribution in [0.2, 0.25) is 0 Å². The van der Waals surface area contributed by atoms with Crippen molar-refractivity contribution in [2.75, 3.05) is 6.54 Å². The van der Waals surface area contributed by atoms with Crippen LogP contribution in [0.1, 0.15) is 13.8 Å². The highest BCUT2D eigenvalue weighted by molar-refractivity contribution is 6.29. The van der Waals surface area contributed by atoms with E-state index in [0.29, 0.717) is 11.6 Å². The summed E-state index contributed by atoms with van der Waals surface area (Å²) in [6.07, 6.45) is 0. The zero-order valence-corrected chi connectivity index (χ0v) is 7.53. The molecule has 0 rings (SSSR count). The number of urea groups is 1. The van der Waals surface area contributed by atoms with Crippen molar-refractivity contribution in [1.29, 1.82) is 0 Å². The van der Waals surface area contributed by atoms with E-state index in [0.717, 1.165) is 0 Å². The molecule has 0 aromatic carbocycles. The Morgan fingerprint density at radius 3 is 2.55 bits per heavy atom. The summed E-state index contributed by atoms with van der Waals surface area (Å²) in [5, 5.41) is 5.60. The molecule has 0 heterocycles. The first-order valence-electron chi connectivity index (χ1n) is 3.40. The van der Waals surface area contributed by atoms with Gasteiger partial charge in [-0.3, -0.25) is 0 Å². The van der Waals surface area contributed by atoms with Crippen LogP contribution in [0, 0.1) is 0 Å². The number of hydrogen-bond acceptors (Lipinski definition) is 1. The van der Waals surface area contributed by atoms with Crippen molar-refractivity contribution in [3.05, 3.63) is 11.6 Å². The maximum absolute atomic E-state index is 10.8. The van der Waals surface area contributed by atoms with Crippen LogP contribution in [-0.2, 0) is 0 Å². The van der Waals surface area contributed by atoms with Crippen LogP contribution in [0.15, 0.2) is 11.6 Å². The third kappa shape index (κ3) is 7.19. The van der Waals surface area contributed by atoms with Gasteiger partial charge in [0.25, 0.3) is 0 Å². The highest BCUT2D eigenvalue weighted by Crippen LogP contribution is 1.91. The second-order valence-electron chi connectivity index (χ2n) is 2.50. The second kappa shape index (κ2) is 5.02. The number of carbonyl (C=O) groups is 1. The fraction of sp³-hybridized carbons (Fsp3) is 0.571. The van der Waals surface area contributed by atoms with Gasteiger partial charge in [-0.05, 0) is 13.8 Å². The summed E-state index contributed by atoms with van der Waals surface area (Å²) < 4.78 is 0. The zero-order chi connectivity index (χ0) is 8.85. The van der Waals surface area contributed by atoms with E-state index in [1.165, 1.54) is 0 Å². The normalized spacial score (nSPS) is 9.45. The van der Waals surface area contributed by atoms with Gasteiger partial charge in [0.2, 0.25) is 0 Å². The lowest BCUT2D eigenvalue weighted by molar-refractivity contribution is 0.239. The van der Waals surface area contributed by atoms with Crippen molar-refractivity contribution in [3.63, 3.8) is 0 Å². The Hall–Kier alpha value is -0.700. The highest BCUT2D eigenvalue weighted by atomic mass is 35.5. The molecule has 3 nitrogen and oxygen atoms in total. The van der Waals surface area contributed by atoms with E-state index >= 15 is 0 Å². The van der Waals surface area contributed by atoms with Crippen molar-refractivity contribution in [2.24, 2.45) is 0 Å². The fourth-order valence-corrected chi connectivity index (χ4v) is 0.556. The molecule has 0 aliphatic heterocycles. The minimum atomic E-state index is -0.221. The Morgan fingerprint density at radius 1 is 1.64 bits per heavy atom. The van der Waals surface area contributed by atoms with Gasteiger partial charge >= 0.3 is 6.03 Å². The number of halogens is 1. The average Bonchev–Trinajstić information content (AvgIpc) is 1.82. The predicted octanol–water partition coefficient (Wildman–Crippen LogP) is 1.45. The molecule has 0 aromatic heterocycles. The van der Waals surface area contributed by atoms with Crippen LogP contribution < -0.4 is 10.6 Å². The highest BCUT2D eigenvalue weighted by Gasteiger charge is 2.00. The van der Waals surface area contributed by atoms with Crippen molar-refractivity contribution < 1.29 is 4.79 Å². The van der Waals surface area contributed by atoms with E-state index in [9.17, 15) is 4.79 Å². The maximum atomic E-state index is 10.8. The van der Waals surface area contributed by atoms with Gasteiger partial charge in [-0.1, -0.05) is 18.2 Å². The van der Waals surface area contributed by atoms with E-state index < -0.39 is 0 Å². The summed E-state index contributed by atoms with van der Waals surface area (Å²) in [4.78, 5) is 10.8. The molecule has 0 aromatic rings. The fourth-order valence-electron chi connectivity index (χ4n) is 0.489. The van der Waals surface area contributed by atoms with Crippen LogP contribution in [-0.4, -0.2) is 18.6 Å². The average molecular weight is 177 g/mol. The van der Waals surface area contributed by atoms with E-state index in [1.54, 1.807) is 0 Å². The summed E-state index contributed by atoms with van der Waals surface area (Å²) in [7, 11) is 0. The summed E-state index contributed by atoms with van der Waals surface area (Å²) in [6, 6.07) is -0.0830. The molecule has 0 aliphatic rings. The van der Waals surface area contributed by atoms with Crippen molar-refractivity contribution in [2.45, 2.75) is 19.9 Å². The Kier molecular flexibility index (Phi) is 4.70. The zero-order valence-electron chi connectivity index (χ0n) is 6.78. The van der Waals surface area contributed by atoms with E-state index in [-0.39, 0.29) is 12.1 Å². The molecule has 0 radical (unpaired) electrons. The Labute approximate surface area is 71.8 Å². The van der Waals surface area contributed by atoms with Crippen LogP contribution in [0.4, 0.5) is 4.79 Å². The molecule has 4 heteroatoms. The molecule has 64 valence electrons. The van der Waals surface area contributed by atoms with E-state index in [4.69, 9.17) is 11.6 Å². The largest absolute Gasteiger partial charge is 0.336 e. The molecule has 2 amide bonds. The number of hydrogen-bond donors (Lipinski definition) is 2. The van der Waals surface area contributed by atoms with Gasteiger partial charge in [0.05, 0.1) is 6.54 Å². The van der Waals surface area contributed by atoms with E-state index in [1.807, 2.05) is 13.8 Å². The van der Waals surface area contributed by atoms with Crippen molar-refractivity contribution >= 4 is 17.6 Å². The molecular weight excluding hydrogens is 164 g/mol. The van der Waals surface area contributed by atoms with Crippen molar-refractivity contribution in [3.8, 4) is 0 Å². The topological polar surface area (TPSA) is 41.1 Å². The number of amides is 2. The van der Waals surface area contributed by atoms with Crippen molar-refractivity contribution in [1.82, 2.24) is 10.6 Å². The van der Waals surface area contributed by atoms with Gasteiger partial charge in [0, 0.05) is 11.1 Å². The minimum Gasteiger partial charge on any atom is -0.336 e. The minimum absolute atomic E-state index is 0.138. The summed E-state index contributed by atoms with van der Waals surface area (Å²) >= 11 is 5.42. The van der Waals surface area contributed by atoms with Crippen LogP contribution in [0.3, 0.4) is 0 Å². The number of rotatable bonds is 3. The van der Waals surface area contributed by atoms with Gasteiger partial charge < -0.3 is 10.6 Å². The van der Waals surface area contributed by atoms with Gasteiger partial charge in [-0.15, -0.1) is 0 Å². The third-order valence-electron chi connectivity index (χ3n) is 0.861. The SMILES string of the molecule is C=C(Cl)CNC(=O)NC(C)C. The molecule has 0 bridgehead atoms. The van der Waals surface area contributed by atoms with Crippen LogP contribution in [0.25, 0.3) is 0 Å². The van der Waals surface area contributed by atoms with Gasteiger partial charge in [-0.2, -0.15) is 0 Å². The number of carbonyl (C=O) groups excluding carboxylic acids is 1. The van der Waals surface area contributed by atoms with Gasteiger partial charge in [0.15, 0.2) is 0 Å². The first kappa shape index (κ1) is 10.3. The lowest BCUT2D eigenvalue weighted by Gasteiger charge is -2.08. The quantitative estimate of drug-likeness (QED) is 0.672. The lowest BCUT2D eigenvalue weighted by Crippen LogP contribution is -2.39. The summed E-state index contributed by atoms with van der Waals surface area (Å²) in [6.45, 7) is 7.50. The summed E-state index contributed by atoms with van der Waals surface area (Å²) in [5.41, 5.74) is 0. The van der Waals surface area contributed by atoms with E-state index in [2.05, 4.69) is 17.2 Å². The van der Waals surface area contributed by atoms with Crippen LogP contribution in [0.5, 0.6) is 0 Å². The molecule has 0 saturated carbocycles. The summed E-state index contributed by atoms with van der Waals surface area (Å²) in [5.74, 6) is 0. The molecule has 0 fully saturated rings. The molecule has 0 spiro atoms. The lowest BCUT2D eigenvalue weighted by atomic mass is 10.4. The Balaban J connectivity index is 3.45. The molecule has 0 atom stereocenters. The molecule has 11 heavy (non-hydrogen) atoms. The monoisotopic (exact) mass is 176 g/mol. The molecule has 0 unspecified atom stereocenters. The first-order valence-corrected chi connectivity index (χ1v) is 3.78. The van der Waals surface area contributed by atoms with Gasteiger partial charge in [0.1, 0.15) is 0 Å². The maximum Gasteiger partial charge on any atom is 0.315 e. The number of nitrogens with one attached hydrogen (secondary N) is 2. The predicted molar refractivity (Wildman–Crippen MR) is 46.7 cm³/mol. The Bertz CT molecular complexity index is 157. The van der Waals surface area contributed by atoms with Crippen LogP contribution >= 0.6 is 11.6 Å². The third-order valence-corrected chi connectivity index (χ3v) is 0.994. The molecule has 0 aliphatic carbocycles. The standard InChI is InChI=1S/C7H13ClN2O/c1-5(2)10-7(11)9-4-6(3)8/h5H,3-4H2,1-2H3,(H2,9,10,11). The second-order valence-corrected chi connectivity index (χ2v) is 3.03. The Morgan fingerprint density at radius 2 is 2.18 bits per heavy atom. The smallest absolute Gasteiger partial charge is 0.315 e. The molecule has 2 N–H and O–H groups in total. The molecular formula is C7H13ClN2O. The first-order chi connectivity index (χ1) is 5.02.